The van der Waals surface area contributed by atoms with Gasteiger partial charge in [-0.05, 0) is 34.2 Å². The summed E-state index contributed by atoms with van der Waals surface area (Å²) < 4.78 is 6.21. The van der Waals surface area contributed by atoms with E-state index >= 15 is 0 Å². The van der Waals surface area contributed by atoms with E-state index in [1.54, 1.807) is 0 Å². The van der Waals surface area contributed by atoms with Crippen molar-refractivity contribution in [3.63, 3.8) is 0 Å². The van der Waals surface area contributed by atoms with Crippen LogP contribution in [0.1, 0.15) is 71.3 Å². The van der Waals surface area contributed by atoms with E-state index in [0.29, 0.717) is 22.5 Å². The molecule has 0 aliphatic carbocycles. The molecule has 1 fully saturated rings. The Kier molecular flexibility index (Phi) is 4.46. The Morgan fingerprint density at radius 2 is 1.52 bits per heavy atom. The second-order valence-electron chi connectivity index (χ2n) is 8.18. The van der Waals surface area contributed by atoms with Crippen LogP contribution in [0.2, 0.25) is 16.6 Å². The van der Waals surface area contributed by atoms with Crippen molar-refractivity contribution in [2.45, 2.75) is 76.8 Å². The Labute approximate surface area is 142 Å². The van der Waals surface area contributed by atoms with Crippen LogP contribution in [0.4, 0.5) is 0 Å². The number of ether oxygens (including phenoxy) is 1. The van der Waals surface area contributed by atoms with Crippen molar-refractivity contribution in [3.05, 3.63) is 35.4 Å². The van der Waals surface area contributed by atoms with Gasteiger partial charge in [-0.25, -0.2) is 0 Å². The molecule has 2 bridgehead atoms. The van der Waals surface area contributed by atoms with Crippen LogP contribution in [0.25, 0.3) is 0 Å². The molecule has 0 N–H and O–H groups in total. The molecule has 0 spiro atoms. The van der Waals surface area contributed by atoms with Gasteiger partial charge in [-0.1, -0.05) is 65.8 Å². The van der Waals surface area contributed by atoms with E-state index in [1.165, 1.54) is 11.1 Å². The molecule has 2 heteroatoms. The van der Waals surface area contributed by atoms with Crippen molar-refractivity contribution in [3.8, 4) is 11.5 Å². The Bertz CT molecular complexity index is 613. The summed E-state index contributed by atoms with van der Waals surface area (Å²) >= 11 is 0. The number of hydrogen-bond donors (Lipinski definition) is 0. The lowest BCUT2D eigenvalue weighted by Crippen LogP contribution is -2.43. The lowest BCUT2D eigenvalue weighted by molar-refractivity contribution is 0.0657. The third kappa shape index (κ3) is 2.59. The first-order valence-electron chi connectivity index (χ1n) is 9.14. The highest BCUT2D eigenvalue weighted by atomic mass is 28.3. The first-order valence-corrected chi connectivity index (χ1v) is 11.4. The first kappa shape index (κ1) is 16.8. The zero-order valence-electron chi connectivity index (χ0n) is 15.4. The van der Waals surface area contributed by atoms with Gasteiger partial charge in [-0.15, -0.1) is 11.5 Å². The van der Waals surface area contributed by atoms with Crippen LogP contribution in [0, 0.1) is 17.4 Å². The van der Waals surface area contributed by atoms with Crippen molar-refractivity contribution in [1.29, 1.82) is 0 Å². The molecule has 124 valence electrons. The predicted molar refractivity (Wildman–Crippen MR) is 99.9 cm³/mol. The molecule has 0 unspecified atom stereocenters. The van der Waals surface area contributed by atoms with Crippen LogP contribution >= 0.6 is 0 Å². The van der Waals surface area contributed by atoms with Crippen LogP contribution in [0.15, 0.2) is 24.3 Å². The standard InChI is InChI=1S/C21H30OSi/c1-14(2)23(15(3)4,16(5)6)12-11-17-13-20-18-9-7-8-10-19(18)21(17)22-20/h7-10,14-17,20-21H,13H2,1-6H3/t17-,20+,21-/m0/s1. The molecule has 1 aromatic carbocycles. The third-order valence-corrected chi connectivity index (χ3v) is 12.4. The Balaban J connectivity index is 1.91. The van der Waals surface area contributed by atoms with Crippen LogP contribution < -0.4 is 0 Å². The second kappa shape index (κ2) is 6.11. The van der Waals surface area contributed by atoms with Crippen LogP contribution in [0.5, 0.6) is 0 Å². The molecule has 2 aliphatic heterocycles. The molecule has 1 saturated heterocycles. The van der Waals surface area contributed by atoms with Crippen molar-refractivity contribution < 1.29 is 4.74 Å². The van der Waals surface area contributed by atoms with E-state index in [9.17, 15) is 0 Å². The highest BCUT2D eigenvalue weighted by molar-refractivity contribution is 6.90. The van der Waals surface area contributed by atoms with Gasteiger partial charge >= 0.3 is 0 Å². The number of rotatable bonds is 3. The molecule has 2 aliphatic rings. The summed E-state index contributed by atoms with van der Waals surface area (Å²) in [6.07, 6.45) is 1.57. The minimum atomic E-state index is -1.63. The normalized spacial score (nSPS) is 25.9. The maximum absolute atomic E-state index is 6.21. The molecule has 0 radical (unpaired) electrons. The molecule has 1 aromatic rings. The minimum Gasteiger partial charge on any atom is -0.364 e. The smallest absolute Gasteiger partial charge is 0.145 e. The summed E-state index contributed by atoms with van der Waals surface area (Å²) in [5, 5.41) is 0. The van der Waals surface area contributed by atoms with Gasteiger partial charge in [0.2, 0.25) is 0 Å². The van der Waals surface area contributed by atoms with Crippen molar-refractivity contribution in [1.82, 2.24) is 0 Å². The molecule has 3 atom stereocenters. The average molecular weight is 327 g/mol. The lowest BCUT2D eigenvalue weighted by atomic mass is 9.84. The summed E-state index contributed by atoms with van der Waals surface area (Å²) in [4.78, 5) is 0. The molecule has 0 aromatic heterocycles. The third-order valence-electron chi connectivity index (χ3n) is 6.13. The largest absolute Gasteiger partial charge is 0.364 e. The van der Waals surface area contributed by atoms with E-state index < -0.39 is 8.07 Å². The van der Waals surface area contributed by atoms with Gasteiger partial charge in [-0.2, -0.15) is 0 Å². The van der Waals surface area contributed by atoms with Gasteiger partial charge in [0, 0.05) is 0 Å². The van der Waals surface area contributed by atoms with Gasteiger partial charge in [0.15, 0.2) is 0 Å². The number of fused-ring (bicyclic) bond motifs is 5. The van der Waals surface area contributed by atoms with Gasteiger partial charge in [0.1, 0.15) is 8.07 Å². The van der Waals surface area contributed by atoms with Gasteiger partial charge < -0.3 is 4.74 Å². The first-order chi connectivity index (χ1) is 10.9. The fourth-order valence-corrected chi connectivity index (χ4v) is 10.3. The monoisotopic (exact) mass is 326 g/mol. The van der Waals surface area contributed by atoms with E-state index in [2.05, 4.69) is 77.3 Å². The number of benzene rings is 1. The highest BCUT2D eigenvalue weighted by Gasteiger charge is 2.45. The zero-order valence-corrected chi connectivity index (χ0v) is 16.4. The summed E-state index contributed by atoms with van der Waals surface area (Å²) in [6, 6.07) is 8.70. The lowest BCUT2D eigenvalue weighted by Gasteiger charge is -2.38. The van der Waals surface area contributed by atoms with Crippen LogP contribution in [0.3, 0.4) is 0 Å². The Morgan fingerprint density at radius 3 is 2.09 bits per heavy atom. The summed E-state index contributed by atoms with van der Waals surface area (Å²) in [7, 11) is -1.63. The highest BCUT2D eigenvalue weighted by Crippen LogP contribution is 2.53. The fourth-order valence-electron chi connectivity index (χ4n) is 5.02. The van der Waals surface area contributed by atoms with Gasteiger partial charge in [0.25, 0.3) is 0 Å². The summed E-state index contributed by atoms with van der Waals surface area (Å²) in [5.74, 6) is 4.11. The zero-order chi connectivity index (χ0) is 16.8. The molecule has 23 heavy (non-hydrogen) atoms. The quantitative estimate of drug-likeness (QED) is 0.486. The second-order valence-corrected chi connectivity index (χ2v) is 13.8. The van der Waals surface area contributed by atoms with Crippen LogP contribution in [-0.4, -0.2) is 8.07 Å². The van der Waals surface area contributed by atoms with Gasteiger partial charge in [-0.3, -0.25) is 0 Å². The molecule has 0 amide bonds. The van der Waals surface area contributed by atoms with Crippen molar-refractivity contribution >= 4 is 8.07 Å². The SMILES string of the molecule is CC(C)[Si](C#C[C@H]1C[C@H]2O[C@@H]1c1ccccc12)(C(C)C)C(C)C. The predicted octanol–water partition coefficient (Wildman–Crippen LogP) is 6.04. The van der Waals surface area contributed by atoms with Crippen molar-refractivity contribution in [2.75, 3.05) is 0 Å². The van der Waals surface area contributed by atoms with E-state index in [1.807, 2.05) is 0 Å². The topological polar surface area (TPSA) is 9.23 Å². The average Bonchev–Trinajstić information content (AvgIpc) is 3.06. The molecule has 3 rings (SSSR count). The summed E-state index contributed by atoms with van der Waals surface area (Å²) in [6.45, 7) is 14.3. The Morgan fingerprint density at radius 1 is 0.957 bits per heavy atom. The molecule has 1 nitrogen and oxygen atoms in total. The summed E-state index contributed by atoms with van der Waals surface area (Å²) in [5.41, 5.74) is 8.77. The van der Waals surface area contributed by atoms with Crippen LogP contribution in [-0.2, 0) is 4.74 Å². The fraction of sp³-hybridized carbons (Fsp3) is 0.619. The minimum absolute atomic E-state index is 0.210. The molecular weight excluding hydrogens is 296 g/mol. The number of hydrogen-bond acceptors (Lipinski definition) is 1. The van der Waals surface area contributed by atoms with Gasteiger partial charge in [0.05, 0.1) is 18.1 Å². The van der Waals surface area contributed by atoms with E-state index in [4.69, 9.17) is 4.74 Å². The molecule has 0 saturated carbocycles. The van der Waals surface area contributed by atoms with Crippen molar-refractivity contribution in [2.24, 2.45) is 5.92 Å². The maximum Gasteiger partial charge on any atom is 0.145 e. The maximum atomic E-state index is 6.21. The molecule has 2 heterocycles. The van der Waals surface area contributed by atoms with E-state index in [-0.39, 0.29) is 12.2 Å². The Hall–Kier alpha value is -1.04. The molecular formula is C21H30OSi. The van der Waals surface area contributed by atoms with E-state index in [0.717, 1.165) is 6.42 Å².